The molecule has 3 amide bonds. The number of hydrogen-bond donors (Lipinski definition) is 1. The van der Waals surface area contributed by atoms with E-state index in [1.165, 1.54) is 5.56 Å². The van der Waals surface area contributed by atoms with E-state index >= 15 is 0 Å². The minimum Gasteiger partial charge on any atom is -0.371 e. The van der Waals surface area contributed by atoms with Gasteiger partial charge in [-0.15, -0.1) is 0 Å². The molecular weight excluding hydrogens is 602 g/mol. The number of nitrogens with zero attached hydrogens (tertiary/aromatic N) is 6. The number of ketones is 1. The van der Waals surface area contributed by atoms with Gasteiger partial charge in [0.25, 0.3) is 0 Å². The summed E-state index contributed by atoms with van der Waals surface area (Å²) in [7, 11) is 0.688. The zero-order valence-electron chi connectivity index (χ0n) is 26.5. The number of anilines is 2. The average Bonchev–Trinajstić information content (AvgIpc) is 3.40. The highest BCUT2D eigenvalue weighted by atomic mass is 32.2. The second-order valence-corrected chi connectivity index (χ2v) is 14.7. The Morgan fingerprint density at radius 1 is 0.870 bits per heavy atom. The van der Waals surface area contributed by atoms with Crippen LogP contribution in [0.15, 0.2) is 47.4 Å². The third kappa shape index (κ3) is 6.47. The number of rotatable bonds is 7. The summed E-state index contributed by atoms with van der Waals surface area (Å²) in [5.41, 5.74) is 3.47. The van der Waals surface area contributed by atoms with Gasteiger partial charge in [0.2, 0.25) is 5.91 Å². The fraction of sp³-hybridized carbons (Fsp3) is 0.529. The highest BCUT2D eigenvalue weighted by molar-refractivity contribution is 7.82. The molecule has 4 aliphatic heterocycles. The second-order valence-electron chi connectivity index (χ2n) is 13.2. The lowest BCUT2D eigenvalue weighted by molar-refractivity contribution is -0.121. The predicted octanol–water partition coefficient (Wildman–Crippen LogP) is 3.80. The average molecular weight is 646 g/mol. The summed E-state index contributed by atoms with van der Waals surface area (Å²) in [6.07, 6.45) is 5.83. The molecule has 244 valence electrons. The third-order valence-corrected chi connectivity index (χ3v) is 11.7. The number of likely N-dealkylation sites (tertiary alicyclic amines) is 1. The van der Waals surface area contributed by atoms with Gasteiger partial charge < -0.3 is 9.80 Å². The molecule has 3 aromatic rings. The van der Waals surface area contributed by atoms with E-state index in [0.717, 1.165) is 79.9 Å². The fourth-order valence-electron chi connectivity index (χ4n) is 7.50. The SMILES string of the molecule is Cn1nc(N2CCC(=O)NC2=O)c2ccc(C3CCN(CC4CCN(c5cccc(S(=O)N6CCC(=O)CC6)c5)CC4)CC3)cc21. The number of imide groups is 1. The van der Waals surface area contributed by atoms with Gasteiger partial charge >= 0.3 is 6.03 Å². The van der Waals surface area contributed by atoms with Gasteiger partial charge in [0.15, 0.2) is 5.82 Å². The van der Waals surface area contributed by atoms with E-state index in [4.69, 9.17) is 0 Å². The maximum absolute atomic E-state index is 13.2. The largest absolute Gasteiger partial charge is 0.371 e. The molecule has 1 aromatic heterocycles. The lowest BCUT2D eigenvalue weighted by Gasteiger charge is -2.38. The van der Waals surface area contributed by atoms with Crippen LogP contribution in [-0.4, -0.2) is 93.3 Å². The van der Waals surface area contributed by atoms with Gasteiger partial charge in [0.1, 0.15) is 16.8 Å². The molecule has 0 spiro atoms. The minimum absolute atomic E-state index is 0.244. The van der Waals surface area contributed by atoms with Crippen molar-refractivity contribution in [1.29, 1.82) is 0 Å². The van der Waals surface area contributed by atoms with Crippen LogP contribution in [0.2, 0.25) is 0 Å². The zero-order valence-corrected chi connectivity index (χ0v) is 27.3. The molecule has 4 aliphatic rings. The molecule has 46 heavy (non-hydrogen) atoms. The topological polar surface area (TPSA) is 111 Å². The lowest BCUT2D eigenvalue weighted by atomic mass is 9.88. The predicted molar refractivity (Wildman–Crippen MR) is 178 cm³/mol. The van der Waals surface area contributed by atoms with Crippen LogP contribution in [0.5, 0.6) is 0 Å². The number of Topliss-reactive ketones (excluding diaryl/α,β-unsaturated/α-hetero) is 1. The number of hydrogen-bond acceptors (Lipinski definition) is 7. The van der Waals surface area contributed by atoms with Gasteiger partial charge in [0.05, 0.1) is 10.4 Å². The Balaban J connectivity index is 0.904. The molecule has 1 unspecified atom stereocenters. The summed E-state index contributed by atoms with van der Waals surface area (Å²) >= 11 is 0. The lowest BCUT2D eigenvalue weighted by Crippen LogP contribution is -2.49. The number of aryl methyl sites for hydroxylation is 1. The van der Waals surface area contributed by atoms with E-state index in [2.05, 4.69) is 50.5 Å². The molecule has 11 nitrogen and oxygen atoms in total. The Hall–Kier alpha value is -3.61. The van der Waals surface area contributed by atoms with Crippen LogP contribution >= 0.6 is 0 Å². The highest BCUT2D eigenvalue weighted by Crippen LogP contribution is 2.34. The fourth-order valence-corrected chi connectivity index (χ4v) is 8.73. The number of piperidine rings is 3. The van der Waals surface area contributed by atoms with Gasteiger partial charge in [-0.05, 0) is 86.5 Å². The second kappa shape index (κ2) is 13.2. The summed E-state index contributed by atoms with van der Waals surface area (Å²) in [4.78, 5) is 43.1. The first-order valence-electron chi connectivity index (χ1n) is 16.7. The number of aromatic nitrogens is 2. The normalized spacial score (nSPS) is 22.1. The van der Waals surface area contributed by atoms with E-state index in [0.29, 0.717) is 50.1 Å². The van der Waals surface area contributed by atoms with Gasteiger partial charge in [-0.2, -0.15) is 5.10 Å². The number of nitrogens with one attached hydrogen (secondary N) is 1. The highest BCUT2D eigenvalue weighted by Gasteiger charge is 2.30. The summed E-state index contributed by atoms with van der Waals surface area (Å²) in [5, 5.41) is 7.97. The molecule has 4 saturated heterocycles. The molecule has 1 atom stereocenters. The smallest absolute Gasteiger partial charge is 0.329 e. The van der Waals surface area contributed by atoms with Crippen molar-refractivity contribution in [2.75, 3.05) is 62.2 Å². The first-order valence-corrected chi connectivity index (χ1v) is 17.8. The Morgan fingerprint density at radius 3 is 2.37 bits per heavy atom. The Morgan fingerprint density at radius 2 is 1.63 bits per heavy atom. The maximum atomic E-state index is 13.2. The van der Waals surface area contributed by atoms with Crippen LogP contribution in [0, 0.1) is 5.92 Å². The number of carbonyl (C=O) groups excluding carboxylic acids is 3. The van der Waals surface area contributed by atoms with Gasteiger partial charge in [-0.25, -0.2) is 13.3 Å². The molecule has 0 aliphatic carbocycles. The van der Waals surface area contributed by atoms with Crippen molar-refractivity contribution in [3.05, 3.63) is 48.0 Å². The summed E-state index contributed by atoms with van der Waals surface area (Å²) < 4.78 is 16.9. The van der Waals surface area contributed by atoms with E-state index < -0.39 is 17.0 Å². The van der Waals surface area contributed by atoms with Crippen molar-refractivity contribution < 1.29 is 18.6 Å². The standard InChI is InChI=1S/C34H43N7O4S/c1-37-31-21-26(5-6-30(31)33(36-37)41-20-13-32(43)35-34(41)44)25-9-14-38(15-10-25)23-24-7-16-39(17-8-24)27-3-2-4-29(22-27)46(45)40-18-11-28(42)12-19-40/h2-6,21-22,24-25H,7-20,23H2,1H3,(H,35,43,44). The van der Waals surface area contributed by atoms with Crippen LogP contribution in [0.4, 0.5) is 16.3 Å². The molecule has 0 bridgehead atoms. The maximum Gasteiger partial charge on any atom is 0.329 e. The molecule has 5 heterocycles. The van der Waals surface area contributed by atoms with Crippen molar-refractivity contribution in [1.82, 2.24) is 24.3 Å². The quantitative estimate of drug-likeness (QED) is 0.416. The number of carbonyl (C=O) groups is 3. The van der Waals surface area contributed by atoms with Crippen molar-refractivity contribution in [3.8, 4) is 0 Å². The van der Waals surface area contributed by atoms with Crippen LogP contribution in [0.1, 0.15) is 56.4 Å². The van der Waals surface area contributed by atoms with Crippen molar-refractivity contribution in [2.24, 2.45) is 13.0 Å². The minimum atomic E-state index is -1.22. The van der Waals surface area contributed by atoms with Crippen molar-refractivity contribution in [2.45, 2.75) is 55.8 Å². The molecule has 12 heteroatoms. The zero-order chi connectivity index (χ0) is 31.8. The van der Waals surface area contributed by atoms with Gasteiger partial charge in [0, 0.05) is 76.7 Å². The molecule has 0 radical (unpaired) electrons. The first-order chi connectivity index (χ1) is 22.3. The Bertz CT molecular complexity index is 1650. The molecule has 7 rings (SSSR count). The van der Waals surface area contributed by atoms with Crippen LogP contribution in [0.3, 0.4) is 0 Å². The molecule has 2 aromatic carbocycles. The third-order valence-electron chi connectivity index (χ3n) is 10.3. The van der Waals surface area contributed by atoms with E-state index in [9.17, 15) is 18.6 Å². The van der Waals surface area contributed by atoms with E-state index in [1.807, 2.05) is 28.2 Å². The van der Waals surface area contributed by atoms with Gasteiger partial charge in [-0.3, -0.25) is 24.5 Å². The van der Waals surface area contributed by atoms with Crippen LogP contribution < -0.4 is 15.1 Å². The molecule has 1 N–H and O–H groups in total. The van der Waals surface area contributed by atoms with Crippen molar-refractivity contribution in [3.63, 3.8) is 0 Å². The number of fused-ring (bicyclic) bond motifs is 1. The summed E-state index contributed by atoms with van der Waals surface area (Å²) in [6, 6.07) is 14.2. The van der Waals surface area contributed by atoms with E-state index in [1.54, 1.807) is 4.90 Å². The van der Waals surface area contributed by atoms with Crippen LogP contribution in [-0.2, 0) is 27.6 Å². The number of urea groups is 1. The summed E-state index contributed by atoms with van der Waals surface area (Å²) in [6.45, 7) is 6.84. The molecule has 4 fully saturated rings. The molecule has 0 saturated carbocycles. The number of benzene rings is 2. The Labute approximate surface area is 272 Å². The van der Waals surface area contributed by atoms with Gasteiger partial charge in [-0.1, -0.05) is 12.1 Å². The molecular formula is C34H43N7O4S. The Kier molecular flexibility index (Phi) is 8.93. The van der Waals surface area contributed by atoms with Crippen LogP contribution in [0.25, 0.3) is 10.9 Å². The first kappa shape index (κ1) is 31.0. The van der Waals surface area contributed by atoms with Crippen molar-refractivity contribution >= 4 is 51.1 Å². The van der Waals surface area contributed by atoms with E-state index in [-0.39, 0.29) is 18.1 Å². The summed E-state index contributed by atoms with van der Waals surface area (Å²) in [5.74, 6) is 1.81. The number of amides is 3. The monoisotopic (exact) mass is 645 g/mol.